The number of halogens is 1. The summed E-state index contributed by atoms with van der Waals surface area (Å²) in [6.45, 7) is 2.58. The average Bonchev–Trinajstić information content (AvgIpc) is 2.93. The van der Waals surface area contributed by atoms with Crippen molar-refractivity contribution in [3.8, 4) is 0 Å². The maximum atomic E-state index is 12.8. The predicted octanol–water partition coefficient (Wildman–Crippen LogP) is 2.79. The molecule has 0 aliphatic heterocycles. The molecular formula is C15H17FN2O2. The summed E-state index contributed by atoms with van der Waals surface area (Å²) >= 11 is 0. The Morgan fingerprint density at radius 2 is 2.00 bits per heavy atom. The van der Waals surface area contributed by atoms with Crippen LogP contribution in [0.3, 0.4) is 0 Å². The number of methoxy groups -OCH3 is 1. The van der Waals surface area contributed by atoms with Crippen LogP contribution in [0.25, 0.3) is 0 Å². The zero-order chi connectivity index (χ0) is 14.5. The van der Waals surface area contributed by atoms with Crippen molar-refractivity contribution in [3.63, 3.8) is 0 Å². The fraction of sp³-hybridized carbons (Fsp3) is 0.267. The van der Waals surface area contributed by atoms with Crippen molar-refractivity contribution >= 4 is 5.97 Å². The van der Waals surface area contributed by atoms with Gasteiger partial charge in [-0.15, -0.1) is 0 Å². The Bertz CT molecular complexity index is 578. The minimum Gasteiger partial charge on any atom is -0.464 e. The van der Waals surface area contributed by atoms with Gasteiger partial charge in [0, 0.05) is 18.3 Å². The van der Waals surface area contributed by atoms with E-state index in [2.05, 4.69) is 15.0 Å². The second-order valence-corrected chi connectivity index (χ2v) is 4.54. The molecule has 2 N–H and O–H groups in total. The van der Waals surface area contributed by atoms with E-state index in [1.54, 1.807) is 18.2 Å². The van der Waals surface area contributed by atoms with Crippen molar-refractivity contribution in [2.75, 3.05) is 7.11 Å². The standard InChI is InChI=1S/C15H17FN2O2/c1-10(11-3-5-12(16)6-4-11)17-9-13-7-8-14(18-13)15(19)20-2/h3-8,10,17-18H,9H2,1-2H3. The van der Waals surface area contributed by atoms with E-state index in [0.717, 1.165) is 11.3 Å². The number of aromatic amines is 1. The number of carbonyl (C=O) groups excluding carboxylic acids is 1. The number of esters is 1. The third kappa shape index (κ3) is 3.45. The Labute approximate surface area is 117 Å². The molecule has 1 atom stereocenters. The SMILES string of the molecule is COC(=O)c1ccc(CNC(C)c2ccc(F)cc2)[nH]1. The molecule has 1 heterocycles. The second kappa shape index (κ2) is 6.34. The predicted molar refractivity (Wildman–Crippen MR) is 73.8 cm³/mol. The molecule has 5 heteroatoms. The lowest BCUT2D eigenvalue weighted by Gasteiger charge is -2.13. The zero-order valence-electron chi connectivity index (χ0n) is 11.4. The first-order valence-electron chi connectivity index (χ1n) is 6.35. The molecule has 0 bridgehead atoms. The van der Waals surface area contributed by atoms with Gasteiger partial charge in [0.2, 0.25) is 0 Å². The smallest absolute Gasteiger partial charge is 0.354 e. The van der Waals surface area contributed by atoms with Crippen LogP contribution < -0.4 is 5.32 Å². The molecule has 1 unspecified atom stereocenters. The Kier molecular flexibility index (Phi) is 4.53. The minimum atomic E-state index is -0.386. The van der Waals surface area contributed by atoms with Gasteiger partial charge in [0.05, 0.1) is 7.11 Å². The van der Waals surface area contributed by atoms with Gasteiger partial charge in [0.1, 0.15) is 11.5 Å². The molecule has 0 fully saturated rings. The second-order valence-electron chi connectivity index (χ2n) is 4.54. The van der Waals surface area contributed by atoms with E-state index in [1.165, 1.54) is 19.2 Å². The highest BCUT2D eigenvalue weighted by atomic mass is 19.1. The molecular weight excluding hydrogens is 259 g/mol. The van der Waals surface area contributed by atoms with Gasteiger partial charge in [-0.2, -0.15) is 0 Å². The topological polar surface area (TPSA) is 54.1 Å². The lowest BCUT2D eigenvalue weighted by molar-refractivity contribution is 0.0594. The first kappa shape index (κ1) is 14.3. The molecule has 0 saturated carbocycles. The van der Waals surface area contributed by atoms with E-state index in [-0.39, 0.29) is 17.8 Å². The van der Waals surface area contributed by atoms with Crippen molar-refractivity contribution in [1.29, 1.82) is 0 Å². The van der Waals surface area contributed by atoms with Crippen molar-refractivity contribution in [3.05, 3.63) is 59.2 Å². The first-order valence-corrected chi connectivity index (χ1v) is 6.35. The Morgan fingerprint density at radius 3 is 2.65 bits per heavy atom. The number of aromatic nitrogens is 1. The minimum absolute atomic E-state index is 0.0838. The summed E-state index contributed by atoms with van der Waals surface area (Å²) in [5.41, 5.74) is 2.32. The van der Waals surface area contributed by atoms with E-state index in [0.29, 0.717) is 12.2 Å². The van der Waals surface area contributed by atoms with E-state index < -0.39 is 0 Å². The maximum Gasteiger partial charge on any atom is 0.354 e. The summed E-state index contributed by atoms with van der Waals surface area (Å²) < 4.78 is 17.5. The first-order chi connectivity index (χ1) is 9.60. The van der Waals surface area contributed by atoms with Crippen molar-refractivity contribution in [2.45, 2.75) is 19.5 Å². The third-order valence-electron chi connectivity index (χ3n) is 3.12. The monoisotopic (exact) mass is 276 g/mol. The molecule has 0 spiro atoms. The molecule has 2 aromatic rings. The average molecular weight is 276 g/mol. The number of hydrogen-bond acceptors (Lipinski definition) is 3. The Morgan fingerprint density at radius 1 is 1.30 bits per heavy atom. The summed E-state index contributed by atoms with van der Waals surface area (Å²) in [4.78, 5) is 14.3. The van der Waals surface area contributed by atoms with Gasteiger partial charge in [-0.25, -0.2) is 9.18 Å². The normalized spacial score (nSPS) is 12.2. The number of benzene rings is 1. The van der Waals surface area contributed by atoms with Gasteiger partial charge >= 0.3 is 5.97 Å². The number of rotatable bonds is 5. The Hall–Kier alpha value is -2.14. The number of ether oxygens (including phenoxy) is 1. The fourth-order valence-corrected chi connectivity index (χ4v) is 1.90. The molecule has 4 nitrogen and oxygen atoms in total. The van der Waals surface area contributed by atoms with Gasteiger partial charge in [0.15, 0.2) is 0 Å². The molecule has 20 heavy (non-hydrogen) atoms. The fourth-order valence-electron chi connectivity index (χ4n) is 1.90. The summed E-state index contributed by atoms with van der Waals surface area (Å²) in [5.74, 6) is -0.629. The van der Waals surface area contributed by atoms with Gasteiger partial charge in [-0.1, -0.05) is 12.1 Å². The molecule has 0 radical (unpaired) electrons. The largest absolute Gasteiger partial charge is 0.464 e. The maximum absolute atomic E-state index is 12.8. The quantitative estimate of drug-likeness (QED) is 0.826. The van der Waals surface area contributed by atoms with Crippen LogP contribution in [0.15, 0.2) is 36.4 Å². The van der Waals surface area contributed by atoms with Crippen LogP contribution in [0.1, 0.15) is 34.7 Å². The van der Waals surface area contributed by atoms with Crippen molar-refractivity contribution in [2.24, 2.45) is 0 Å². The summed E-state index contributed by atoms with van der Waals surface area (Å²) in [6, 6.07) is 9.99. The van der Waals surface area contributed by atoms with E-state index in [1.807, 2.05) is 13.0 Å². The van der Waals surface area contributed by atoms with Gasteiger partial charge in [-0.3, -0.25) is 0 Å². The van der Waals surface area contributed by atoms with Crippen LogP contribution in [-0.2, 0) is 11.3 Å². The van der Waals surface area contributed by atoms with Crippen molar-refractivity contribution < 1.29 is 13.9 Å². The van der Waals surface area contributed by atoms with E-state index >= 15 is 0 Å². The van der Waals surface area contributed by atoms with Crippen LogP contribution >= 0.6 is 0 Å². The molecule has 2 rings (SSSR count). The highest BCUT2D eigenvalue weighted by Crippen LogP contribution is 2.13. The lowest BCUT2D eigenvalue weighted by atomic mass is 10.1. The lowest BCUT2D eigenvalue weighted by Crippen LogP contribution is -2.18. The van der Waals surface area contributed by atoms with Crippen LogP contribution in [0.4, 0.5) is 4.39 Å². The molecule has 1 aromatic carbocycles. The molecule has 0 aliphatic rings. The number of hydrogen-bond donors (Lipinski definition) is 2. The summed E-state index contributed by atoms with van der Waals surface area (Å²) in [6.07, 6.45) is 0. The van der Waals surface area contributed by atoms with Gasteiger partial charge < -0.3 is 15.0 Å². The highest BCUT2D eigenvalue weighted by Gasteiger charge is 2.09. The van der Waals surface area contributed by atoms with Crippen LogP contribution in [0.2, 0.25) is 0 Å². The molecule has 106 valence electrons. The van der Waals surface area contributed by atoms with E-state index in [4.69, 9.17) is 0 Å². The molecule has 0 saturated heterocycles. The number of carbonyl (C=O) groups is 1. The van der Waals surface area contributed by atoms with Crippen LogP contribution in [0, 0.1) is 5.82 Å². The molecule has 1 aromatic heterocycles. The highest BCUT2D eigenvalue weighted by molar-refractivity contribution is 5.87. The van der Waals surface area contributed by atoms with E-state index in [9.17, 15) is 9.18 Å². The molecule has 0 aliphatic carbocycles. The molecule has 0 amide bonds. The van der Waals surface area contributed by atoms with Crippen molar-refractivity contribution in [1.82, 2.24) is 10.3 Å². The van der Waals surface area contributed by atoms with Gasteiger partial charge in [-0.05, 0) is 36.8 Å². The van der Waals surface area contributed by atoms with Gasteiger partial charge in [0.25, 0.3) is 0 Å². The number of nitrogens with one attached hydrogen (secondary N) is 2. The van der Waals surface area contributed by atoms with Crippen LogP contribution in [-0.4, -0.2) is 18.1 Å². The number of H-pyrrole nitrogens is 1. The Balaban J connectivity index is 1.93. The van der Waals surface area contributed by atoms with Crippen LogP contribution in [0.5, 0.6) is 0 Å². The summed E-state index contributed by atoms with van der Waals surface area (Å²) in [7, 11) is 1.34. The summed E-state index contributed by atoms with van der Waals surface area (Å²) in [5, 5.41) is 3.30. The third-order valence-corrected chi connectivity index (χ3v) is 3.12. The zero-order valence-corrected chi connectivity index (χ0v) is 11.4.